The minimum Gasteiger partial charge on any atom is -0.481 e. The summed E-state index contributed by atoms with van der Waals surface area (Å²) in [6, 6.07) is 0.225. The lowest BCUT2D eigenvalue weighted by molar-refractivity contribution is -0.141. The van der Waals surface area contributed by atoms with Crippen molar-refractivity contribution in [3.05, 3.63) is 0 Å². The van der Waals surface area contributed by atoms with Gasteiger partial charge in [-0.1, -0.05) is 0 Å². The number of hydrogen-bond acceptors (Lipinski definition) is 2. The van der Waals surface area contributed by atoms with Gasteiger partial charge < -0.3 is 10.0 Å². The number of carboxylic acid groups (broad SMARTS) is 1. The molecular weight excluding hydrogens is 266 g/mol. The summed E-state index contributed by atoms with van der Waals surface area (Å²) in [6.07, 6.45) is 8.20. The molecule has 2 atom stereocenters. The summed E-state index contributed by atoms with van der Waals surface area (Å²) in [4.78, 5) is 25.4. The van der Waals surface area contributed by atoms with Gasteiger partial charge in [0.2, 0.25) is 5.91 Å². The first kappa shape index (κ1) is 13.6. The van der Waals surface area contributed by atoms with Crippen molar-refractivity contribution in [3.63, 3.8) is 0 Å². The van der Waals surface area contributed by atoms with E-state index in [0.29, 0.717) is 6.54 Å². The van der Waals surface area contributed by atoms with Crippen LogP contribution in [-0.2, 0) is 9.59 Å². The molecule has 0 aromatic carbocycles. The van der Waals surface area contributed by atoms with Crippen molar-refractivity contribution in [2.45, 2.75) is 57.9 Å². The van der Waals surface area contributed by atoms with Gasteiger partial charge >= 0.3 is 5.97 Å². The zero-order valence-electron chi connectivity index (χ0n) is 12.8. The molecule has 4 heteroatoms. The molecule has 5 aliphatic rings. The Kier molecular flexibility index (Phi) is 2.89. The van der Waals surface area contributed by atoms with E-state index in [1.54, 1.807) is 0 Å². The molecule has 0 radical (unpaired) electrons. The second-order valence-electron chi connectivity index (χ2n) is 8.24. The van der Waals surface area contributed by atoms with Gasteiger partial charge in [0.15, 0.2) is 0 Å². The lowest BCUT2D eigenvalue weighted by Crippen LogP contribution is -2.56. The van der Waals surface area contributed by atoms with E-state index in [2.05, 4.69) is 6.92 Å². The number of rotatable bonds is 3. The second-order valence-corrected chi connectivity index (χ2v) is 8.24. The van der Waals surface area contributed by atoms with E-state index in [0.717, 1.165) is 17.8 Å². The number of nitrogens with zero attached hydrogens (tertiary/aromatic N) is 1. The molecule has 0 spiro atoms. The van der Waals surface area contributed by atoms with Crippen molar-refractivity contribution in [2.75, 3.05) is 6.54 Å². The molecule has 5 rings (SSSR count). The minimum atomic E-state index is -0.816. The van der Waals surface area contributed by atoms with Crippen LogP contribution in [0.5, 0.6) is 0 Å². The van der Waals surface area contributed by atoms with Gasteiger partial charge in [0.1, 0.15) is 0 Å². The first-order valence-corrected chi connectivity index (χ1v) is 8.49. The number of hydrogen-bond donors (Lipinski definition) is 1. The molecule has 1 aliphatic heterocycles. The maximum Gasteiger partial charge on any atom is 0.308 e. The fourth-order valence-electron chi connectivity index (χ4n) is 6.29. The SMILES string of the molecule is C[C@H](N1C[C@@H](C(=O)O)CC1=O)C12CC3CC(CC(C3)C1)C2. The first-order valence-electron chi connectivity index (χ1n) is 8.49. The molecule has 5 fully saturated rings. The fourth-order valence-corrected chi connectivity index (χ4v) is 6.29. The van der Waals surface area contributed by atoms with Gasteiger partial charge in [0.25, 0.3) is 0 Å². The quantitative estimate of drug-likeness (QED) is 0.869. The maximum atomic E-state index is 12.3. The van der Waals surface area contributed by atoms with E-state index in [4.69, 9.17) is 0 Å². The average molecular weight is 291 g/mol. The predicted octanol–water partition coefficient (Wildman–Crippen LogP) is 2.52. The number of carbonyl (C=O) groups excluding carboxylic acids is 1. The van der Waals surface area contributed by atoms with Crippen molar-refractivity contribution in [2.24, 2.45) is 29.1 Å². The van der Waals surface area contributed by atoms with Crippen LogP contribution in [0.2, 0.25) is 0 Å². The van der Waals surface area contributed by atoms with Crippen LogP contribution in [0, 0.1) is 29.1 Å². The Morgan fingerprint density at radius 2 is 1.71 bits per heavy atom. The third kappa shape index (κ3) is 2.01. The lowest BCUT2D eigenvalue weighted by Gasteiger charge is -2.60. The molecule has 4 bridgehead atoms. The first-order chi connectivity index (χ1) is 9.97. The van der Waals surface area contributed by atoms with Gasteiger partial charge in [-0.05, 0) is 68.6 Å². The van der Waals surface area contributed by atoms with Gasteiger partial charge in [0.05, 0.1) is 5.92 Å². The maximum absolute atomic E-state index is 12.3. The van der Waals surface area contributed by atoms with E-state index >= 15 is 0 Å². The van der Waals surface area contributed by atoms with Gasteiger partial charge in [-0.25, -0.2) is 0 Å². The Morgan fingerprint density at radius 1 is 1.19 bits per heavy atom. The summed E-state index contributed by atoms with van der Waals surface area (Å²) in [5.74, 6) is 1.35. The summed E-state index contributed by atoms with van der Waals surface area (Å²) >= 11 is 0. The van der Waals surface area contributed by atoms with E-state index in [9.17, 15) is 14.7 Å². The number of likely N-dealkylation sites (tertiary alicyclic amines) is 1. The van der Waals surface area contributed by atoms with Gasteiger partial charge in [-0.3, -0.25) is 9.59 Å². The highest BCUT2D eigenvalue weighted by Crippen LogP contribution is 2.62. The Hall–Kier alpha value is -1.06. The van der Waals surface area contributed by atoms with E-state index in [-0.39, 0.29) is 23.8 Å². The molecule has 0 aromatic rings. The molecule has 1 amide bonds. The van der Waals surface area contributed by atoms with Crippen LogP contribution in [-0.4, -0.2) is 34.5 Å². The number of carbonyl (C=O) groups is 2. The molecule has 116 valence electrons. The summed E-state index contributed by atoms with van der Waals surface area (Å²) in [7, 11) is 0. The van der Waals surface area contributed by atoms with E-state index in [1.165, 1.54) is 38.5 Å². The molecule has 21 heavy (non-hydrogen) atoms. The van der Waals surface area contributed by atoms with Gasteiger partial charge in [0, 0.05) is 19.0 Å². The van der Waals surface area contributed by atoms with Crippen molar-refractivity contribution in [3.8, 4) is 0 Å². The van der Waals surface area contributed by atoms with Crippen molar-refractivity contribution >= 4 is 11.9 Å². The largest absolute Gasteiger partial charge is 0.481 e. The van der Waals surface area contributed by atoms with Crippen molar-refractivity contribution < 1.29 is 14.7 Å². The number of carboxylic acids is 1. The van der Waals surface area contributed by atoms with Gasteiger partial charge in [-0.2, -0.15) is 0 Å². The molecule has 0 unspecified atom stereocenters. The molecule has 1 heterocycles. The van der Waals surface area contributed by atoms with Gasteiger partial charge in [-0.15, -0.1) is 0 Å². The number of aliphatic carboxylic acids is 1. The van der Waals surface area contributed by atoms with Crippen molar-refractivity contribution in [1.29, 1.82) is 0 Å². The van der Waals surface area contributed by atoms with Crippen LogP contribution in [0.15, 0.2) is 0 Å². The summed E-state index contributed by atoms with van der Waals surface area (Å²) in [6.45, 7) is 2.62. The smallest absolute Gasteiger partial charge is 0.308 e. The standard InChI is InChI=1S/C17H25NO3/c1-10(18-9-14(16(20)21)5-15(18)19)17-6-11-2-12(7-17)4-13(3-11)8-17/h10-14H,2-9H2,1H3,(H,20,21)/t10-,11?,12?,13?,14-,17?/m0/s1. The monoisotopic (exact) mass is 291 g/mol. The van der Waals surface area contributed by atoms with Crippen LogP contribution in [0.4, 0.5) is 0 Å². The molecule has 1 N–H and O–H groups in total. The summed E-state index contributed by atoms with van der Waals surface area (Å²) in [5, 5.41) is 9.19. The molecule has 4 aliphatic carbocycles. The van der Waals surface area contributed by atoms with Crippen molar-refractivity contribution in [1.82, 2.24) is 4.90 Å². The Morgan fingerprint density at radius 3 is 2.14 bits per heavy atom. The van der Waals surface area contributed by atoms with E-state index < -0.39 is 11.9 Å². The Bertz CT molecular complexity index is 451. The minimum absolute atomic E-state index is 0.0608. The summed E-state index contributed by atoms with van der Waals surface area (Å²) < 4.78 is 0. The van der Waals surface area contributed by atoms with Crippen LogP contribution in [0.3, 0.4) is 0 Å². The molecular formula is C17H25NO3. The Labute approximate surface area is 125 Å². The topological polar surface area (TPSA) is 57.6 Å². The summed E-state index contributed by atoms with van der Waals surface area (Å²) in [5.41, 5.74) is 0.289. The Balaban J connectivity index is 1.56. The highest BCUT2D eigenvalue weighted by molar-refractivity contribution is 5.86. The number of amides is 1. The van der Waals surface area contributed by atoms with Crippen LogP contribution in [0.1, 0.15) is 51.9 Å². The predicted molar refractivity (Wildman–Crippen MR) is 77.5 cm³/mol. The highest BCUT2D eigenvalue weighted by atomic mass is 16.4. The lowest BCUT2D eigenvalue weighted by atomic mass is 9.47. The normalized spacial score (nSPS) is 46.1. The zero-order valence-corrected chi connectivity index (χ0v) is 12.8. The average Bonchev–Trinajstić information content (AvgIpc) is 2.78. The third-order valence-corrected chi connectivity index (χ3v) is 6.95. The molecule has 0 aromatic heterocycles. The molecule has 4 saturated carbocycles. The van der Waals surface area contributed by atoms with Crippen LogP contribution in [0.25, 0.3) is 0 Å². The van der Waals surface area contributed by atoms with E-state index in [1.807, 2.05) is 4.90 Å². The van der Waals surface area contributed by atoms with Crippen LogP contribution < -0.4 is 0 Å². The third-order valence-electron chi connectivity index (χ3n) is 6.95. The zero-order chi connectivity index (χ0) is 14.8. The highest BCUT2D eigenvalue weighted by Gasteiger charge is 2.55. The van der Waals surface area contributed by atoms with Crippen LogP contribution >= 0.6 is 0 Å². The fraction of sp³-hybridized carbons (Fsp3) is 0.882. The molecule has 1 saturated heterocycles. The molecule has 4 nitrogen and oxygen atoms in total. The second kappa shape index (κ2) is 4.47.